The fourth-order valence-electron chi connectivity index (χ4n) is 1.87. The van der Waals surface area contributed by atoms with Crippen molar-refractivity contribution in [1.29, 1.82) is 5.41 Å². The van der Waals surface area contributed by atoms with Gasteiger partial charge in [-0.3, -0.25) is 15.5 Å². The fourth-order valence-corrected chi connectivity index (χ4v) is 2.03. The van der Waals surface area contributed by atoms with Crippen LogP contribution in [0.25, 0.3) is 0 Å². The number of nitro groups is 1. The van der Waals surface area contributed by atoms with Gasteiger partial charge in [-0.25, -0.2) is 0 Å². The zero-order valence-corrected chi connectivity index (χ0v) is 11.8. The van der Waals surface area contributed by atoms with Gasteiger partial charge in [0.1, 0.15) is 11.6 Å². The van der Waals surface area contributed by atoms with E-state index in [2.05, 4.69) is 0 Å². The monoisotopic (exact) mass is 305 g/mol. The predicted octanol–water partition coefficient (Wildman–Crippen LogP) is 3.63. The molecule has 6 nitrogen and oxygen atoms in total. The first kappa shape index (κ1) is 14.8. The molecule has 0 fully saturated rings. The predicted molar refractivity (Wildman–Crippen MR) is 80.4 cm³/mol. The van der Waals surface area contributed by atoms with E-state index in [0.29, 0.717) is 16.1 Å². The number of nitrogens with two attached hydrogens (primary N) is 1. The number of halogens is 1. The molecule has 2 aromatic carbocycles. The van der Waals surface area contributed by atoms with Gasteiger partial charge < -0.3 is 10.5 Å². The molecule has 0 amide bonds. The Morgan fingerprint density at radius 2 is 2.05 bits per heavy atom. The highest BCUT2D eigenvalue weighted by atomic mass is 35.5. The largest absolute Gasteiger partial charge is 0.449 e. The number of para-hydroxylation sites is 1. The van der Waals surface area contributed by atoms with Crippen LogP contribution in [-0.2, 0) is 0 Å². The minimum atomic E-state index is -0.511. The van der Waals surface area contributed by atoms with Gasteiger partial charge in [0.25, 0.3) is 0 Å². The van der Waals surface area contributed by atoms with Gasteiger partial charge in [0.05, 0.1) is 10.5 Å². The quantitative estimate of drug-likeness (QED) is 0.389. The van der Waals surface area contributed by atoms with E-state index in [0.717, 1.165) is 0 Å². The second kappa shape index (κ2) is 5.80. The summed E-state index contributed by atoms with van der Waals surface area (Å²) in [5.74, 6) is 0.0606. The van der Waals surface area contributed by atoms with Crippen LogP contribution < -0.4 is 10.5 Å². The second-order valence-corrected chi connectivity index (χ2v) is 4.77. The average molecular weight is 306 g/mol. The van der Waals surface area contributed by atoms with E-state index >= 15 is 0 Å². The summed E-state index contributed by atoms with van der Waals surface area (Å²) in [5.41, 5.74) is 6.13. The smallest absolute Gasteiger partial charge is 0.314 e. The van der Waals surface area contributed by atoms with E-state index in [9.17, 15) is 10.1 Å². The molecule has 0 saturated carbocycles. The van der Waals surface area contributed by atoms with E-state index < -0.39 is 4.92 Å². The highest BCUT2D eigenvalue weighted by Gasteiger charge is 2.20. The van der Waals surface area contributed by atoms with E-state index in [1.807, 2.05) is 0 Å². The number of aryl methyl sites for hydroxylation is 1. The van der Waals surface area contributed by atoms with Crippen molar-refractivity contribution in [3.05, 3.63) is 62.7 Å². The lowest BCUT2D eigenvalue weighted by Crippen LogP contribution is -2.12. The van der Waals surface area contributed by atoms with Gasteiger partial charge in [-0.1, -0.05) is 23.7 Å². The fraction of sp³-hybridized carbons (Fsp3) is 0.0714. The summed E-state index contributed by atoms with van der Waals surface area (Å²) >= 11 is 5.90. The molecule has 2 aromatic rings. The average Bonchev–Trinajstić information content (AvgIpc) is 2.37. The molecule has 21 heavy (non-hydrogen) atoms. The van der Waals surface area contributed by atoms with E-state index in [1.165, 1.54) is 18.2 Å². The number of rotatable bonds is 4. The van der Waals surface area contributed by atoms with Crippen LogP contribution in [0.5, 0.6) is 11.5 Å². The molecule has 0 saturated heterocycles. The first-order chi connectivity index (χ1) is 9.90. The van der Waals surface area contributed by atoms with Crippen LogP contribution in [0, 0.1) is 22.4 Å². The molecule has 0 aliphatic rings. The molecule has 7 heteroatoms. The van der Waals surface area contributed by atoms with Crippen molar-refractivity contribution >= 4 is 23.1 Å². The number of nitrogens with one attached hydrogen (secondary N) is 1. The Bertz CT molecular complexity index is 731. The highest BCUT2D eigenvalue weighted by molar-refractivity contribution is 6.30. The van der Waals surface area contributed by atoms with Gasteiger partial charge >= 0.3 is 5.69 Å². The Hall–Kier alpha value is -2.60. The lowest BCUT2D eigenvalue weighted by Gasteiger charge is -2.11. The van der Waals surface area contributed by atoms with Crippen LogP contribution in [0.2, 0.25) is 5.02 Å². The molecular formula is C14H12ClN3O3. The lowest BCUT2D eigenvalue weighted by molar-refractivity contribution is -0.386. The molecule has 0 radical (unpaired) electrons. The number of ether oxygens (including phenoxy) is 1. The van der Waals surface area contributed by atoms with Crippen molar-refractivity contribution in [2.24, 2.45) is 5.73 Å². The van der Waals surface area contributed by atoms with Crippen molar-refractivity contribution in [2.45, 2.75) is 6.92 Å². The van der Waals surface area contributed by atoms with Crippen LogP contribution in [0.3, 0.4) is 0 Å². The maximum Gasteiger partial charge on any atom is 0.314 e. The summed E-state index contributed by atoms with van der Waals surface area (Å²) in [7, 11) is 0. The molecule has 0 aliphatic heterocycles. The number of benzene rings is 2. The van der Waals surface area contributed by atoms with Crippen molar-refractivity contribution in [2.75, 3.05) is 0 Å². The molecule has 0 spiro atoms. The summed E-state index contributed by atoms with van der Waals surface area (Å²) < 4.78 is 5.58. The number of nitro benzene ring substituents is 1. The number of amidine groups is 1. The van der Waals surface area contributed by atoms with Gasteiger partial charge in [0.15, 0.2) is 0 Å². The van der Waals surface area contributed by atoms with E-state index in [1.54, 1.807) is 25.1 Å². The van der Waals surface area contributed by atoms with E-state index in [4.69, 9.17) is 27.5 Å². The van der Waals surface area contributed by atoms with Crippen LogP contribution in [0.15, 0.2) is 36.4 Å². The topological polar surface area (TPSA) is 102 Å². The third-order valence-electron chi connectivity index (χ3n) is 2.84. The number of nitrogen functional groups attached to an aromatic ring is 1. The van der Waals surface area contributed by atoms with Crippen molar-refractivity contribution < 1.29 is 9.66 Å². The standard InChI is InChI=1S/C14H12ClN3O3/c1-8-3-2-4-11(13(8)18(19)20)21-12-7-9(15)5-6-10(12)14(16)17/h2-7H,1H3,(H3,16,17). The molecule has 3 N–H and O–H groups in total. The second-order valence-electron chi connectivity index (χ2n) is 4.33. The third-order valence-corrected chi connectivity index (χ3v) is 3.07. The maximum atomic E-state index is 11.2. The Labute approximate surface area is 125 Å². The molecule has 0 aromatic heterocycles. The molecular weight excluding hydrogens is 294 g/mol. The maximum absolute atomic E-state index is 11.2. The summed E-state index contributed by atoms with van der Waals surface area (Å²) in [6.07, 6.45) is 0. The highest BCUT2D eigenvalue weighted by Crippen LogP contribution is 2.36. The minimum absolute atomic E-state index is 0.0739. The molecule has 0 unspecified atom stereocenters. The van der Waals surface area contributed by atoms with Crippen LogP contribution >= 0.6 is 11.6 Å². The van der Waals surface area contributed by atoms with Gasteiger partial charge in [0.2, 0.25) is 5.75 Å². The molecule has 0 atom stereocenters. The summed E-state index contributed by atoms with van der Waals surface area (Å²) in [5, 5.41) is 19.0. The minimum Gasteiger partial charge on any atom is -0.449 e. The SMILES string of the molecule is Cc1cccc(Oc2cc(Cl)ccc2C(=N)N)c1[N+](=O)[O-]. The summed E-state index contributed by atoms with van der Waals surface area (Å²) in [6, 6.07) is 9.31. The Morgan fingerprint density at radius 1 is 1.33 bits per heavy atom. The van der Waals surface area contributed by atoms with Crippen LogP contribution in [0.4, 0.5) is 5.69 Å². The molecule has 2 rings (SSSR count). The number of nitrogens with zero attached hydrogens (tertiary/aromatic N) is 1. The Kier molecular flexibility index (Phi) is 4.09. The first-order valence-corrected chi connectivity index (χ1v) is 6.33. The van der Waals surface area contributed by atoms with Crippen LogP contribution in [0.1, 0.15) is 11.1 Å². The lowest BCUT2D eigenvalue weighted by atomic mass is 10.1. The molecule has 108 valence electrons. The Morgan fingerprint density at radius 3 is 2.67 bits per heavy atom. The molecule has 0 bridgehead atoms. The van der Waals surface area contributed by atoms with Crippen molar-refractivity contribution in [3.63, 3.8) is 0 Å². The molecule has 0 aliphatic carbocycles. The number of hydrogen-bond acceptors (Lipinski definition) is 4. The summed E-state index contributed by atoms with van der Waals surface area (Å²) in [4.78, 5) is 10.6. The summed E-state index contributed by atoms with van der Waals surface area (Å²) in [6.45, 7) is 1.62. The Balaban J connectivity index is 2.53. The van der Waals surface area contributed by atoms with Gasteiger partial charge in [-0.05, 0) is 25.1 Å². The first-order valence-electron chi connectivity index (χ1n) is 5.96. The van der Waals surface area contributed by atoms with Gasteiger partial charge in [0, 0.05) is 16.7 Å². The normalized spacial score (nSPS) is 10.2. The van der Waals surface area contributed by atoms with Crippen molar-refractivity contribution in [1.82, 2.24) is 0 Å². The zero-order valence-electron chi connectivity index (χ0n) is 11.1. The van der Waals surface area contributed by atoms with Gasteiger partial charge in [-0.15, -0.1) is 0 Å². The van der Waals surface area contributed by atoms with Crippen molar-refractivity contribution in [3.8, 4) is 11.5 Å². The molecule has 0 heterocycles. The van der Waals surface area contributed by atoms with Crippen LogP contribution in [-0.4, -0.2) is 10.8 Å². The third kappa shape index (κ3) is 3.11. The number of hydrogen-bond donors (Lipinski definition) is 2. The zero-order chi connectivity index (χ0) is 15.6. The van der Waals surface area contributed by atoms with E-state index in [-0.39, 0.29) is 23.0 Å². The van der Waals surface area contributed by atoms with Gasteiger partial charge in [-0.2, -0.15) is 0 Å².